The van der Waals surface area contributed by atoms with Crippen LogP contribution in [0.25, 0.3) is 11.3 Å². The molecule has 0 spiro atoms. The van der Waals surface area contributed by atoms with Gasteiger partial charge in [0.25, 0.3) is 0 Å². The number of piperazine rings is 1. The fourth-order valence-electron chi connectivity index (χ4n) is 4.79. The molecule has 0 unspecified atom stereocenters. The van der Waals surface area contributed by atoms with E-state index in [-0.39, 0.29) is 5.91 Å². The fraction of sp³-hybridized carbons (Fsp3) is 0.345. The molecule has 2 N–H and O–H groups in total. The molecule has 2 aromatic carbocycles. The number of nitrogens with zero attached hydrogens (tertiary/aromatic N) is 5. The molecule has 2 aliphatic rings. The molecule has 204 valence electrons. The van der Waals surface area contributed by atoms with Gasteiger partial charge < -0.3 is 34.8 Å². The Kier molecular flexibility index (Phi) is 8.24. The molecule has 5 rings (SSSR count). The lowest BCUT2D eigenvalue weighted by molar-refractivity contribution is -0.111. The van der Waals surface area contributed by atoms with E-state index in [0.717, 1.165) is 73.3 Å². The molecule has 0 aliphatic carbocycles. The SMILES string of the molecule is C=CC(=O)Nc1cccc(-c2nc(Nc3ccc(N4CCN(C)CC4)cc3OC)ncc2N2CCOCC2)c1. The smallest absolute Gasteiger partial charge is 0.247 e. The molecule has 3 aromatic rings. The summed E-state index contributed by atoms with van der Waals surface area (Å²) in [5, 5.41) is 6.19. The van der Waals surface area contributed by atoms with Crippen molar-refractivity contribution in [2.75, 3.05) is 87.1 Å². The van der Waals surface area contributed by atoms with Crippen LogP contribution in [0.5, 0.6) is 5.75 Å². The maximum atomic E-state index is 11.9. The van der Waals surface area contributed by atoms with Crippen LogP contribution in [0, 0.1) is 0 Å². The van der Waals surface area contributed by atoms with E-state index in [4.69, 9.17) is 14.5 Å². The minimum absolute atomic E-state index is 0.266. The Labute approximate surface area is 229 Å². The summed E-state index contributed by atoms with van der Waals surface area (Å²) in [5.41, 5.74) is 5.12. The van der Waals surface area contributed by atoms with E-state index in [0.29, 0.717) is 24.8 Å². The van der Waals surface area contributed by atoms with Gasteiger partial charge in [0.2, 0.25) is 11.9 Å². The van der Waals surface area contributed by atoms with Crippen LogP contribution in [0.3, 0.4) is 0 Å². The number of methoxy groups -OCH3 is 1. The zero-order valence-corrected chi connectivity index (χ0v) is 22.5. The molecule has 0 radical (unpaired) electrons. The largest absolute Gasteiger partial charge is 0.494 e. The molecule has 1 amide bonds. The molecule has 3 heterocycles. The molecule has 0 saturated carbocycles. The number of hydrogen-bond donors (Lipinski definition) is 2. The highest BCUT2D eigenvalue weighted by molar-refractivity contribution is 5.99. The first-order valence-electron chi connectivity index (χ1n) is 13.2. The number of ether oxygens (including phenoxy) is 2. The minimum atomic E-state index is -0.266. The monoisotopic (exact) mass is 529 g/mol. The van der Waals surface area contributed by atoms with Crippen molar-refractivity contribution in [3.05, 3.63) is 61.3 Å². The lowest BCUT2D eigenvalue weighted by atomic mass is 10.1. The molecular formula is C29H35N7O3. The number of aromatic nitrogens is 2. The lowest BCUT2D eigenvalue weighted by Gasteiger charge is -2.34. The van der Waals surface area contributed by atoms with Gasteiger partial charge in [0, 0.05) is 62.3 Å². The number of likely N-dealkylation sites (N-methyl/N-ethyl adjacent to an activating group) is 1. The van der Waals surface area contributed by atoms with Crippen molar-refractivity contribution in [3.63, 3.8) is 0 Å². The van der Waals surface area contributed by atoms with E-state index in [1.165, 1.54) is 6.08 Å². The highest BCUT2D eigenvalue weighted by atomic mass is 16.5. The number of nitrogens with one attached hydrogen (secondary N) is 2. The molecule has 2 aliphatic heterocycles. The highest BCUT2D eigenvalue weighted by Gasteiger charge is 2.20. The first kappa shape index (κ1) is 26.5. The normalized spacial score (nSPS) is 16.1. The highest BCUT2D eigenvalue weighted by Crippen LogP contribution is 2.35. The second-order valence-electron chi connectivity index (χ2n) is 9.60. The Bertz CT molecular complexity index is 1320. The second kappa shape index (κ2) is 12.1. The summed E-state index contributed by atoms with van der Waals surface area (Å²) in [5.74, 6) is 0.911. The van der Waals surface area contributed by atoms with Crippen molar-refractivity contribution in [2.45, 2.75) is 0 Å². The Morgan fingerprint density at radius 2 is 1.85 bits per heavy atom. The number of amides is 1. The number of carbonyl (C=O) groups is 1. The van der Waals surface area contributed by atoms with Gasteiger partial charge in [-0.15, -0.1) is 0 Å². The summed E-state index contributed by atoms with van der Waals surface area (Å²) in [6.45, 7) is 10.4. The van der Waals surface area contributed by atoms with Crippen LogP contribution in [0.4, 0.5) is 28.7 Å². The number of hydrogen-bond acceptors (Lipinski definition) is 9. The van der Waals surface area contributed by atoms with Crippen molar-refractivity contribution in [3.8, 4) is 17.0 Å². The molecule has 0 atom stereocenters. The Morgan fingerprint density at radius 1 is 1.05 bits per heavy atom. The molecule has 0 bridgehead atoms. The molecule has 2 saturated heterocycles. The molecule has 10 nitrogen and oxygen atoms in total. The van der Waals surface area contributed by atoms with Gasteiger partial charge in [-0.1, -0.05) is 18.7 Å². The van der Waals surface area contributed by atoms with Crippen LogP contribution in [0.15, 0.2) is 61.3 Å². The van der Waals surface area contributed by atoms with Gasteiger partial charge in [-0.25, -0.2) is 9.97 Å². The van der Waals surface area contributed by atoms with Gasteiger partial charge in [-0.05, 0) is 37.4 Å². The Balaban J connectivity index is 1.45. The van der Waals surface area contributed by atoms with Crippen LogP contribution in [0.1, 0.15) is 0 Å². The molecule has 2 fully saturated rings. The van der Waals surface area contributed by atoms with Crippen LogP contribution in [0.2, 0.25) is 0 Å². The van der Waals surface area contributed by atoms with Gasteiger partial charge in [-0.3, -0.25) is 4.79 Å². The lowest BCUT2D eigenvalue weighted by Crippen LogP contribution is -2.44. The maximum Gasteiger partial charge on any atom is 0.247 e. The summed E-state index contributed by atoms with van der Waals surface area (Å²) < 4.78 is 11.3. The third-order valence-electron chi connectivity index (χ3n) is 7.01. The number of anilines is 5. The summed E-state index contributed by atoms with van der Waals surface area (Å²) >= 11 is 0. The van der Waals surface area contributed by atoms with Gasteiger partial charge in [-0.2, -0.15) is 0 Å². The number of carbonyl (C=O) groups excluding carboxylic acids is 1. The van der Waals surface area contributed by atoms with Gasteiger partial charge in [0.1, 0.15) is 5.75 Å². The first-order valence-corrected chi connectivity index (χ1v) is 13.2. The van der Waals surface area contributed by atoms with Gasteiger partial charge >= 0.3 is 0 Å². The number of benzene rings is 2. The second-order valence-corrected chi connectivity index (χ2v) is 9.60. The minimum Gasteiger partial charge on any atom is -0.494 e. The van der Waals surface area contributed by atoms with E-state index in [9.17, 15) is 4.79 Å². The zero-order valence-electron chi connectivity index (χ0n) is 22.5. The fourth-order valence-corrected chi connectivity index (χ4v) is 4.79. The van der Waals surface area contributed by atoms with E-state index in [2.05, 4.69) is 56.1 Å². The Morgan fingerprint density at radius 3 is 2.59 bits per heavy atom. The molecule has 10 heteroatoms. The third-order valence-corrected chi connectivity index (χ3v) is 7.01. The summed E-state index contributed by atoms with van der Waals surface area (Å²) in [6.07, 6.45) is 3.09. The van der Waals surface area contributed by atoms with Crippen molar-refractivity contribution < 1.29 is 14.3 Å². The molecule has 39 heavy (non-hydrogen) atoms. The standard InChI is InChI=1S/C29H35N7O3/c1-4-27(37)31-22-7-5-6-21(18-22)28-25(36-14-16-39-17-15-36)20-30-29(33-28)32-24-9-8-23(19-26(24)38-3)35-12-10-34(2)11-13-35/h4-9,18-20H,1,10-17H2,2-3H3,(H,31,37)(H,30,32,33). The predicted octanol–water partition coefficient (Wildman–Crippen LogP) is 3.61. The van der Waals surface area contributed by atoms with Crippen molar-refractivity contribution >= 4 is 34.6 Å². The van der Waals surface area contributed by atoms with E-state index < -0.39 is 0 Å². The molecule has 1 aromatic heterocycles. The van der Waals surface area contributed by atoms with Gasteiger partial charge in [0.05, 0.1) is 43.6 Å². The maximum absolute atomic E-state index is 11.9. The summed E-state index contributed by atoms with van der Waals surface area (Å²) in [7, 11) is 3.82. The van der Waals surface area contributed by atoms with Crippen LogP contribution in [-0.2, 0) is 9.53 Å². The number of rotatable bonds is 8. The van der Waals surface area contributed by atoms with Crippen molar-refractivity contribution in [1.82, 2.24) is 14.9 Å². The topological polar surface area (TPSA) is 95.1 Å². The third kappa shape index (κ3) is 6.30. The quantitative estimate of drug-likeness (QED) is 0.425. The average molecular weight is 530 g/mol. The zero-order chi connectivity index (χ0) is 27.2. The summed E-state index contributed by atoms with van der Waals surface area (Å²) in [4.78, 5) is 28.4. The van der Waals surface area contributed by atoms with E-state index >= 15 is 0 Å². The average Bonchev–Trinajstić information content (AvgIpc) is 2.98. The van der Waals surface area contributed by atoms with E-state index in [1.54, 1.807) is 7.11 Å². The summed E-state index contributed by atoms with van der Waals surface area (Å²) in [6, 6.07) is 13.8. The van der Waals surface area contributed by atoms with Gasteiger partial charge in [0.15, 0.2) is 0 Å². The van der Waals surface area contributed by atoms with E-state index in [1.807, 2.05) is 36.5 Å². The van der Waals surface area contributed by atoms with Crippen molar-refractivity contribution in [1.29, 1.82) is 0 Å². The predicted molar refractivity (Wildman–Crippen MR) is 155 cm³/mol. The first-order chi connectivity index (χ1) is 19.0. The van der Waals surface area contributed by atoms with Crippen LogP contribution >= 0.6 is 0 Å². The van der Waals surface area contributed by atoms with Crippen molar-refractivity contribution in [2.24, 2.45) is 0 Å². The molecular weight excluding hydrogens is 494 g/mol. The van der Waals surface area contributed by atoms with Crippen LogP contribution in [-0.4, -0.2) is 87.4 Å². The Hall–Kier alpha value is -4.15. The number of morpholine rings is 1. The van der Waals surface area contributed by atoms with Crippen LogP contribution < -0.4 is 25.2 Å².